The topological polar surface area (TPSA) is 69.6 Å². The molecule has 1 amide bonds. The third-order valence-corrected chi connectivity index (χ3v) is 16.3. The van der Waals surface area contributed by atoms with Gasteiger partial charge in [0.25, 0.3) is 0 Å². The predicted octanol–water partition coefficient (Wildman–Crippen LogP) is 23.7. The number of hydrogen-bond donors (Lipinski definition) is 3. The van der Waals surface area contributed by atoms with Gasteiger partial charge in [0.15, 0.2) is 0 Å². The van der Waals surface area contributed by atoms with E-state index in [1.165, 1.54) is 327 Å². The molecule has 0 bridgehead atoms. The second kappa shape index (κ2) is 67.6. The van der Waals surface area contributed by atoms with Crippen LogP contribution in [0, 0.1) is 0 Å². The maximum atomic E-state index is 12.5. The van der Waals surface area contributed by atoms with Crippen molar-refractivity contribution in [1.82, 2.24) is 5.32 Å². The number of unbranched alkanes of at least 4 members (excludes halogenated alkanes) is 52. The van der Waals surface area contributed by atoms with Crippen LogP contribution in [0.4, 0.5) is 0 Å². The van der Waals surface area contributed by atoms with E-state index >= 15 is 0 Å². The van der Waals surface area contributed by atoms with Gasteiger partial charge in [0.2, 0.25) is 5.91 Å². The van der Waals surface area contributed by atoms with E-state index in [1.54, 1.807) is 6.08 Å². The van der Waals surface area contributed by atoms with Crippen LogP contribution in [0.3, 0.4) is 0 Å². The van der Waals surface area contributed by atoms with E-state index in [2.05, 4.69) is 55.6 Å². The molecule has 0 aliphatic rings. The summed E-state index contributed by atoms with van der Waals surface area (Å²) in [5, 5.41) is 23.3. The number of rotatable bonds is 65. The lowest BCUT2D eigenvalue weighted by atomic mass is 10.0. The van der Waals surface area contributed by atoms with Crippen molar-refractivity contribution in [3.05, 3.63) is 48.6 Å². The Morgan fingerprint density at radius 1 is 0.316 bits per heavy atom. The van der Waals surface area contributed by atoms with E-state index in [0.717, 1.165) is 38.5 Å². The first-order valence-corrected chi connectivity index (χ1v) is 34.9. The van der Waals surface area contributed by atoms with Crippen molar-refractivity contribution in [3.63, 3.8) is 0 Å². The molecule has 0 aromatic carbocycles. The fraction of sp³-hybridized carbons (Fsp3) is 0.875. The summed E-state index contributed by atoms with van der Waals surface area (Å²) in [5.41, 5.74) is 0. The van der Waals surface area contributed by atoms with Gasteiger partial charge in [0.05, 0.1) is 18.8 Å². The highest BCUT2D eigenvalue weighted by atomic mass is 16.3. The molecule has 0 aliphatic carbocycles. The molecule has 3 N–H and O–H groups in total. The Bertz CT molecular complexity index is 1210. The Hall–Kier alpha value is -1.65. The summed E-state index contributed by atoms with van der Waals surface area (Å²) in [7, 11) is 0. The Kier molecular flexibility index (Phi) is 66.2. The largest absolute Gasteiger partial charge is 0.394 e. The molecular formula is C72H137NO3. The molecule has 0 aromatic rings. The van der Waals surface area contributed by atoms with Gasteiger partial charge in [-0.05, 0) is 64.2 Å². The molecule has 0 aliphatic heterocycles. The molecule has 0 heterocycles. The van der Waals surface area contributed by atoms with Crippen LogP contribution in [-0.2, 0) is 4.79 Å². The Balaban J connectivity index is 3.44. The highest BCUT2D eigenvalue weighted by molar-refractivity contribution is 5.76. The highest BCUT2D eigenvalue weighted by Crippen LogP contribution is 2.19. The van der Waals surface area contributed by atoms with Crippen molar-refractivity contribution in [3.8, 4) is 0 Å². The summed E-state index contributed by atoms with van der Waals surface area (Å²) in [4.78, 5) is 12.5. The first-order valence-electron chi connectivity index (χ1n) is 34.9. The molecule has 0 saturated heterocycles. The summed E-state index contributed by atoms with van der Waals surface area (Å²) >= 11 is 0. The van der Waals surface area contributed by atoms with E-state index in [1.807, 2.05) is 6.08 Å². The lowest BCUT2D eigenvalue weighted by Crippen LogP contribution is -2.45. The standard InChI is InChI=1S/C72H137NO3/c1-3-5-7-9-11-13-15-17-19-21-23-25-27-29-31-33-34-35-36-37-38-40-42-44-46-48-50-52-54-56-58-60-62-64-66-68-72(76)73-70(69-74)71(75)67-65-63-61-59-57-55-53-51-49-47-45-43-41-39-32-30-28-26-24-22-20-18-16-14-12-10-8-6-4-2/h15,17,21,23,57,59,65,67,70-71,74-75H,3-14,16,18-20,22,24-56,58,60-64,66,68-69H2,1-2H3,(H,73,76)/b17-15-,23-21-,59-57+,67-65+. The monoisotopic (exact) mass is 1060 g/mol. The van der Waals surface area contributed by atoms with Crippen LogP contribution >= 0.6 is 0 Å². The zero-order chi connectivity index (χ0) is 54.8. The molecule has 0 aromatic heterocycles. The molecule has 0 spiro atoms. The molecule has 2 unspecified atom stereocenters. The van der Waals surface area contributed by atoms with E-state index in [9.17, 15) is 15.0 Å². The van der Waals surface area contributed by atoms with Crippen LogP contribution < -0.4 is 5.32 Å². The van der Waals surface area contributed by atoms with Crippen LogP contribution in [0.2, 0.25) is 0 Å². The fourth-order valence-electron chi connectivity index (χ4n) is 11.0. The van der Waals surface area contributed by atoms with E-state index in [-0.39, 0.29) is 12.5 Å². The Morgan fingerprint density at radius 3 is 0.842 bits per heavy atom. The lowest BCUT2D eigenvalue weighted by molar-refractivity contribution is -0.123. The molecule has 4 heteroatoms. The minimum absolute atomic E-state index is 0.0662. The number of amides is 1. The predicted molar refractivity (Wildman–Crippen MR) is 341 cm³/mol. The fourth-order valence-corrected chi connectivity index (χ4v) is 11.0. The highest BCUT2D eigenvalue weighted by Gasteiger charge is 2.18. The molecule has 0 rings (SSSR count). The third-order valence-electron chi connectivity index (χ3n) is 16.3. The van der Waals surface area contributed by atoms with Crippen molar-refractivity contribution in [1.29, 1.82) is 0 Å². The number of nitrogens with one attached hydrogen (secondary N) is 1. The second-order valence-corrected chi connectivity index (χ2v) is 23.9. The number of carbonyl (C=O) groups excluding carboxylic acids is 1. The van der Waals surface area contributed by atoms with Crippen molar-refractivity contribution in [2.45, 2.75) is 398 Å². The van der Waals surface area contributed by atoms with Crippen molar-refractivity contribution in [2.75, 3.05) is 6.61 Å². The smallest absolute Gasteiger partial charge is 0.220 e. The van der Waals surface area contributed by atoms with Crippen LogP contribution in [0.15, 0.2) is 48.6 Å². The second-order valence-electron chi connectivity index (χ2n) is 23.9. The van der Waals surface area contributed by atoms with Crippen LogP contribution in [0.1, 0.15) is 386 Å². The zero-order valence-electron chi connectivity index (χ0n) is 51.8. The van der Waals surface area contributed by atoms with E-state index < -0.39 is 12.1 Å². The van der Waals surface area contributed by atoms with Gasteiger partial charge in [-0.1, -0.05) is 364 Å². The normalized spacial score (nSPS) is 12.9. The minimum Gasteiger partial charge on any atom is -0.394 e. The van der Waals surface area contributed by atoms with Gasteiger partial charge >= 0.3 is 0 Å². The molecule has 76 heavy (non-hydrogen) atoms. The maximum Gasteiger partial charge on any atom is 0.220 e. The van der Waals surface area contributed by atoms with E-state index in [4.69, 9.17) is 0 Å². The van der Waals surface area contributed by atoms with Gasteiger partial charge in [-0.15, -0.1) is 0 Å². The van der Waals surface area contributed by atoms with Crippen LogP contribution in [-0.4, -0.2) is 34.9 Å². The van der Waals surface area contributed by atoms with Crippen molar-refractivity contribution in [2.24, 2.45) is 0 Å². The third kappa shape index (κ3) is 63.2. The van der Waals surface area contributed by atoms with Gasteiger partial charge in [0.1, 0.15) is 0 Å². The Morgan fingerprint density at radius 2 is 0.553 bits per heavy atom. The first kappa shape index (κ1) is 74.3. The quantitative estimate of drug-likeness (QED) is 0.0420. The number of hydrogen-bond acceptors (Lipinski definition) is 3. The average Bonchev–Trinajstić information content (AvgIpc) is 3.42. The van der Waals surface area contributed by atoms with Gasteiger partial charge in [-0.3, -0.25) is 4.79 Å². The molecule has 0 saturated carbocycles. The molecular weight excluding hydrogens is 927 g/mol. The minimum atomic E-state index is -0.863. The van der Waals surface area contributed by atoms with Gasteiger partial charge in [-0.25, -0.2) is 0 Å². The lowest BCUT2D eigenvalue weighted by Gasteiger charge is -2.19. The summed E-state index contributed by atoms with van der Waals surface area (Å²) in [5.74, 6) is -0.0662. The average molecular weight is 1060 g/mol. The van der Waals surface area contributed by atoms with Gasteiger partial charge in [0, 0.05) is 6.42 Å². The zero-order valence-corrected chi connectivity index (χ0v) is 51.8. The van der Waals surface area contributed by atoms with E-state index in [0.29, 0.717) is 6.42 Å². The number of allylic oxidation sites excluding steroid dienone is 7. The Labute approximate surface area is 477 Å². The molecule has 448 valence electrons. The van der Waals surface area contributed by atoms with Crippen molar-refractivity contribution < 1.29 is 15.0 Å². The molecule has 0 radical (unpaired) electrons. The first-order chi connectivity index (χ1) is 37.7. The summed E-state index contributed by atoms with van der Waals surface area (Å²) in [6.07, 6.45) is 94.9. The van der Waals surface area contributed by atoms with Crippen LogP contribution in [0.5, 0.6) is 0 Å². The summed E-state index contributed by atoms with van der Waals surface area (Å²) < 4.78 is 0. The van der Waals surface area contributed by atoms with Gasteiger partial charge < -0.3 is 15.5 Å². The van der Waals surface area contributed by atoms with Crippen molar-refractivity contribution >= 4 is 5.91 Å². The molecule has 0 fully saturated rings. The van der Waals surface area contributed by atoms with Crippen LogP contribution in [0.25, 0.3) is 0 Å². The summed E-state index contributed by atoms with van der Waals surface area (Å²) in [6, 6.07) is -0.640. The molecule has 4 nitrogen and oxygen atoms in total. The SMILES string of the molecule is CCCCCCC/C=C\C/C=C\CCCCCCCCCCCCCCCCCCCCCCCCCC(=O)NC(CO)C(O)/C=C/CC/C=C/CCCCCCCCCCCCCCCCCCCCCCCCC. The number of carbonyl (C=O) groups is 1. The number of aliphatic hydroxyl groups excluding tert-OH is 2. The summed E-state index contributed by atoms with van der Waals surface area (Å²) in [6.45, 7) is 4.33. The molecule has 2 atom stereocenters. The number of aliphatic hydroxyl groups is 2. The maximum absolute atomic E-state index is 12.5. The van der Waals surface area contributed by atoms with Gasteiger partial charge in [-0.2, -0.15) is 0 Å².